The van der Waals surface area contributed by atoms with Gasteiger partial charge in [-0.15, -0.1) is 0 Å². The quantitative estimate of drug-likeness (QED) is 0.801. The lowest BCUT2D eigenvalue weighted by atomic mass is 10.2. The van der Waals surface area contributed by atoms with Gasteiger partial charge in [0.2, 0.25) is 0 Å². The third-order valence-electron chi connectivity index (χ3n) is 2.03. The largest absolute Gasteiger partial charge is 0.461 e. The molecule has 0 saturated heterocycles. The highest BCUT2D eigenvalue weighted by atomic mass is 35.5. The van der Waals surface area contributed by atoms with Crippen LogP contribution in [0.3, 0.4) is 0 Å². The highest BCUT2D eigenvalue weighted by Gasteiger charge is 2.11. The van der Waals surface area contributed by atoms with Gasteiger partial charge in [0.15, 0.2) is 0 Å². The molecule has 0 aliphatic rings. The first kappa shape index (κ1) is 12.0. The van der Waals surface area contributed by atoms with E-state index in [0.29, 0.717) is 11.6 Å². The number of esters is 1. The van der Waals surface area contributed by atoms with Crippen LogP contribution in [0.25, 0.3) is 0 Å². The molecule has 0 heterocycles. The van der Waals surface area contributed by atoms with Crippen molar-refractivity contribution in [1.82, 2.24) is 0 Å². The molecule has 0 aromatic heterocycles. The molecule has 4 heteroatoms. The van der Waals surface area contributed by atoms with Crippen molar-refractivity contribution in [3.8, 4) is 0 Å². The van der Waals surface area contributed by atoms with Crippen LogP contribution in [-0.4, -0.2) is 12.5 Å². The Kier molecular flexibility index (Phi) is 4.59. The van der Waals surface area contributed by atoms with Crippen molar-refractivity contribution in [3.05, 3.63) is 34.9 Å². The van der Waals surface area contributed by atoms with Gasteiger partial charge in [0.05, 0.1) is 5.92 Å². The van der Waals surface area contributed by atoms with Gasteiger partial charge < -0.3 is 10.5 Å². The Bertz CT molecular complexity index is 341. The smallest absolute Gasteiger partial charge is 0.310 e. The predicted molar refractivity (Wildman–Crippen MR) is 59.5 cm³/mol. The maximum Gasteiger partial charge on any atom is 0.310 e. The van der Waals surface area contributed by atoms with Crippen molar-refractivity contribution in [3.63, 3.8) is 0 Å². The number of ether oxygens (including phenoxy) is 1. The van der Waals surface area contributed by atoms with Crippen LogP contribution < -0.4 is 5.73 Å². The Morgan fingerprint density at radius 2 is 2.33 bits per heavy atom. The van der Waals surface area contributed by atoms with Gasteiger partial charge in [-0.1, -0.05) is 30.7 Å². The fourth-order valence-electron chi connectivity index (χ4n) is 1.02. The lowest BCUT2D eigenvalue weighted by Crippen LogP contribution is -2.22. The second kappa shape index (κ2) is 5.73. The van der Waals surface area contributed by atoms with Gasteiger partial charge in [-0.2, -0.15) is 0 Å². The summed E-state index contributed by atoms with van der Waals surface area (Å²) in [5, 5.41) is 0.635. The number of benzene rings is 1. The third-order valence-corrected chi connectivity index (χ3v) is 2.26. The van der Waals surface area contributed by atoms with Crippen molar-refractivity contribution in [2.24, 2.45) is 11.7 Å². The number of hydrogen-bond donors (Lipinski definition) is 1. The van der Waals surface area contributed by atoms with E-state index in [1.54, 1.807) is 19.1 Å². The highest BCUT2D eigenvalue weighted by molar-refractivity contribution is 6.30. The van der Waals surface area contributed by atoms with Gasteiger partial charge in [-0.25, -0.2) is 0 Å². The molecule has 1 unspecified atom stereocenters. The minimum absolute atomic E-state index is 0.240. The monoisotopic (exact) mass is 227 g/mol. The van der Waals surface area contributed by atoms with Gasteiger partial charge in [-0.05, 0) is 17.7 Å². The van der Waals surface area contributed by atoms with E-state index >= 15 is 0 Å². The van der Waals surface area contributed by atoms with Crippen LogP contribution in [0, 0.1) is 5.92 Å². The van der Waals surface area contributed by atoms with Crippen molar-refractivity contribution in [2.45, 2.75) is 13.5 Å². The zero-order valence-corrected chi connectivity index (χ0v) is 9.33. The number of halogens is 1. The highest BCUT2D eigenvalue weighted by Crippen LogP contribution is 2.12. The molecule has 0 fully saturated rings. The molecule has 0 amide bonds. The lowest BCUT2D eigenvalue weighted by Gasteiger charge is -2.09. The second-order valence-corrected chi connectivity index (χ2v) is 3.81. The van der Waals surface area contributed by atoms with Gasteiger partial charge >= 0.3 is 5.97 Å². The average molecular weight is 228 g/mol. The molecule has 0 aliphatic carbocycles. The molecule has 0 aliphatic heterocycles. The molecule has 1 rings (SSSR count). The SMILES string of the molecule is CC(CN)C(=O)OCc1cccc(Cl)c1. The van der Waals surface area contributed by atoms with Crippen LogP contribution in [0.1, 0.15) is 12.5 Å². The summed E-state index contributed by atoms with van der Waals surface area (Å²) in [6, 6.07) is 7.21. The van der Waals surface area contributed by atoms with E-state index < -0.39 is 0 Å². The minimum Gasteiger partial charge on any atom is -0.461 e. The fraction of sp³-hybridized carbons (Fsp3) is 0.364. The van der Waals surface area contributed by atoms with Crippen LogP contribution in [0.4, 0.5) is 0 Å². The Hall–Kier alpha value is -1.06. The Balaban J connectivity index is 2.47. The van der Waals surface area contributed by atoms with E-state index in [2.05, 4.69) is 0 Å². The van der Waals surface area contributed by atoms with Gasteiger partial charge in [0, 0.05) is 11.6 Å². The Labute approximate surface area is 94.2 Å². The molecule has 1 atom stereocenters. The summed E-state index contributed by atoms with van der Waals surface area (Å²) < 4.78 is 5.06. The minimum atomic E-state index is -0.280. The van der Waals surface area contributed by atoms with Crippen molar-refractivity contribution >= 4 is 17.6 Å². The van der Waals surface area contributed by atoms with Crippen LogP contribution in [-0.2, 0) is 16.1 Å². The Morgan fingerprint density at radius 3 is 2.93 bits per heavy atom. The number of rotatable bonds is 4. The summed E-state index contributed by atoms with van der Waals surface area (Å²) in [4.78, 5) is 11.3. The van der Waals surface area contributed by atoms with Crippen LogP contribution in [0.15, 0.2) is 24.3 Å². The van der Waals surface area contributed by atoms with E-state index in [1.807, 2.05) is 12.1 Å². The first-order valence-corrected chi connectivity index (χ1v) is 5.12. The standard InChI is InChI=1S/C11H14ClNO2/c1-8(6-13)11(14)15-7-9-3-2-4-10(12)5-9/h2-5,8H,6-7,13H2,1H3. The van der Waals surface area contributed by atoms with Gasteiger partial charge in [-0.3, -0.25) is 4.79 Å². The topological polar surface area (TPSA) is 52.3 Å². The molecule has 0 radical (unpaired) electrons. The Morgan fingerprint density at radius 1 is 1.60 bits per heavy atom. The molecule has 1 aromatic carbocycles. The summed E-state index contributed by atoms with van der Waals surface area (Å²) >= 11 is 5.79. The maximum atomic E-state index is 11.3. The van der Waals surface area contributed by atoms with Gasteiger partial charge in [0.1, 0.15) is 6.61 Å². The first-order chi connectivity index (χ1) is 7.13. The lowest BCUT2D eigenvalue weighted by molar-refractivity contribution is -0.148. The molecule has 82 valence electrons. The summed E-state index contributed by atoms with van der Waals surface area (Å²) in [6.07, 6.45) is 0. The van der Waals surface area contributed by atoms with E-state index in [4.69, 9.17) is 22.1 Å². The summed E-state index contributed by atoms with van der Waals surface area (Å²) in [6.45, 7) is 2.28. The summed E-state index contributed by atoms with van der Waals surface area (Å²) in [5.74, 6) is -0.540. The molecule has 0 spiro atoms. The third kappa shape index (κ3) is 3.90. The number of hydrogen-bond acceptors (Lipinski definition) is 3. The predicted octanol–water partition coefficient (Wildman–Crippen LogP) is 1.98. The number of carbonyl (C=O) groups is 1. The van der Waals surface area contributed by atoms with E-state index in [0.717, 1.165) is 5.56 Å². The maximum absolute atomic E-state index is 11.3. The molecular formula is C11H14ClNO2. The van der Waals surface area contributed by atoms with Crippen LogP contribution in [0.2, 0.25) is 5.02 Å². The molecule has 1 aromatic rings. The van der Waals surface area contributed by atoms with Crippen LogP contribution in [0.5, 0.6) is 0 Å². The number of carbonyl (C=O) groups excluding carboxylic acids is 1. The van der Waals surface area contributed by atoms with E-state index in [-0.39, 0.29) is 18.5 Å². The van der Waals surface area contributed by atoms with E-state index in [9.17, 15) is 4.79 Å². The normalized spacial score (nSPS) is 12.2. The summed E-state index contributed by atoms with van der Waals surface area (Å²) in [7, 11) is 0. The molecule has 2 N–H and O–H groups in total. The van der Waals surface area contributed by atoms with Crippen molar-refractivity contribution in [2.75, 3.05) is 6.54 Å². The first-order valence-electron chi connectivity index (χ1n) is 4.74. The molecule has 0 bridgehead atoms. The van der Waals surface area contributed by atoms with Crippen molar-refractivity contribution in [1.29, 1.82) is 0 Å². The van der Waals surface area contributed by atoms with Crippen molar-refractivity contribution < 1.29 is 9.53 Å². The molecule has 3 nitrogen and oxygen atoms in total. The average Bonchev–Trinajstić information content (AvgIpc) is 2.25. The van der Waals surface area contributed by atoms with E-state index in [1.165, 1.54) is 0 Å². The fourth-order valence-corrected chi connectivity index (χ4v) is 1.23. The zero-order valence-electron chi connectivity index (χ0n) is 8.57. The molecule has 15 heavy (non-hydrogen) atoms. The molecule has 0 saturated carbocycles. The zero-order chi connectivity index (χ0) is 11.3. The molecular weight excluding hydrogens is 214 g/mol. The summed E-state index contributed by atoms with van der Waals surface area (Å²) in [5.41, 5.74) is 6.22. The second-order valence-electron chi connectivity index (χ2n) is 3.37. The number of nitrogens with two attached hydrogens (primary N) is 1. The van der Waals surface area contributed by atoms with Crippen LogP contribution >= 0.6 is 11.6 Å². The van der Waals surface area contributed by atoms with Gasteiger partial charge in [0.25, 0.3) is 0 Å².